The van der Waals surface area contributed by atoms with E-state index in [4.69, 9.17) is 16.3 Å². The molecule has 4 rings (SSSR count). The molecule has 8 heteroatoms. The average molecular weight is 506 g/mol. The molecule has 36 heavy (non-hydrogen) atoms. The highest BCUT2D eigenvalue weighted by atomic mass is 35.5. The van der Waals surface area contributed by atoms with Crippen LogP contribution in [0.25, 0.3) is 11.1 Å². The monoisotopic (exact) mass is 505 g/mol. The van der Waals surface area contributed by atoms with Gasteiger partial charge in [-0.3, -0.25) is 4.79 Å². The van der Waals surface area contributed by atoms with Crippen molar-refractivity contribution < 1.29 is 9.53 Å². The van der Waals surface area contributed by atoms with E-state index in [0.717, 1.165) is 5.56 Å². The van der Waals surface area contributed by atoms with Gasteiger partial charge in [-0.25, -0.2) is 0 Å². The zero-order valence-corrected chi connectivity index (χ0v) is 22.1. The summed E-state index contributed by atoms with van der Waals surface area (Å²) in [6.07, 6.45) is 6.26. The van der Waals surface area contributed by atoms with E-state index in [1.54, 1.807) is 48.8 Å². The summed E-state index contributed by atoms with van der Waals surface area (Å²) in [6.45, 7) is 9.10. The van der Waals surface area contributed by atoms with Crippen molar-refractivity contribution in [3.05, 3.63) is 71.0 Å². The van der Waals surface area contributed by atoms with Crippen LogP contribution in [0.3, 0.4) is 0 Å². The van der Waals surface area contributed by atoms with Crippen molar-refractivity contribution >= 4 is 17.9 Å². The molecule has 1 saturated heterocycles. The molecular formula is C28H32ClN5O2. The summed E-state index contributed by atoms with van der Waals surface area (Å²) in [5.74, 6) is 0.733. The average Bonchev–Trinajstić information content (AvgIpc) is 2.84. The van der Waals surface area contributed by atoms with Crippen LogP contribution in [-0.2, 0) is 0 Å². The van der Waals surface area contributed by atoms with E-state index in [1.165, 1.54) is 18.9 Å². The molecule has 2 N–H and O–H groups in total. The van der Waals surface area contributed by atoms with Crippen LogP contribution in [0.15, 0.2) is 54.9 Å². The first-order chi connectivity index (χ1) is 17.1. The Morgan fingerprint density at radius 3 is 2.39 bits per heavy atom. The fourth-order valence-electron chi connectivity index (χ4n) is 4.74. The summed E-state index contributed by atoms with van der Waals surface area (Å²) in [4.78, 5) is 10.8. The molecule has 0 radical (unpaired) electrons. The van der Waals surface area contributed by atoms with E-state index >= 15 is 0 Å². The third-order valence-electron chi connectivity index (χ3n) is 5.94. The number of hydrogen-bond acceptors (Lipinski definition) is 7. The lowest BCUT2D eigenvalue weighted by Gasteiger charge is -2.46. The summed E-state index contributed by atoms with van der Waals surface area (Å²) in [6, 6.07) is 14.5. The van der Waals surface area contributed by atoms with Gasteiger partial charge in [0.2, 0.25) is 0 Å². The van der Waals surface area contributed by atoms with Crippen LogP contribution in [0.2, 0.25) is 5.02 Å². The number of ether oxygens (including phenoxy) is 1. The number of carbonyl (C=O) groups is 1. The number of piperidine rings is 1. The normalized spacial score (nSPS) is 16.2. The van der Waals surface area contributed by atoms with Crippen molar-refractivity contribution in [1.29, 1.82) is 5.26 Å². The van der Waals surface area contributed by atoms with Crippen molar-refractivity contribution in [1.82, 2.24) is 20.8 Å². The van der Waals surface area contributed by atoms with Gasteiger partial charge in [0.25, 0.3) is 0 Å². The van der Waals surface area contributed by atoms with E-state index in [2.05, 4.69) is 61.6 Å². The number of halogens is 1. The second-order valence-electron chi connectivity index (χ2n) is 10.1. The van der Waals surface area contributed by atoms with Gasteiger partial charge in [0.05, 0.1) is 17.4 Å². The van der Waals surface area contributed by atoms with Crippen molar-refractivity contribution in [3.63, 3.8) is 0 Å². The molecule has 0 unspecified atom stereocenters. The molecule has 2 heterocycles. The topological polar surface area (TPSA) is 99.9 Å². The highest BCUT2D eigenvalue weighted by Gasteiger charge is 2.36. The molecule has 0 atom stereocenters. The Kier molecular flexibility index (Phi) is 8.80. The highest BCUT2D eigenvalue weighted by molar-refractivity contribution is 6.32. The van der Waals surface area contributed by atoms with E-state index in [1.807, 2.05) is 0 Å². The number of aromatic nitrogens is 2. The minimum absolute atomic E-state index is 0.273. The first-order valence-electron chi connectivity index (χ1n) is 11.8. The fraction of sp³-hybridized carbons (Fsp3) is 0.357. The van der Waals surface area contributed by atoms with Crippen LogP contribution in [-0.4, -0.2) is 40.7 Å². The SMILES string of the molecule is CNC1CC(C)(C)NC(C)(C)C1.N#Cc1c(Oc2ccc(C=O)cc2Cl)cccc1-c1ccnnc1. The Bertz CT molecular complexity index is 1220. The molecule has 0 saturated carbocycles. The molecule has 7 nitrogen and oxygen atoms in total. The molecule has 3 aromatic rings. The lowest BCUT2D eigenvalue weighted by atomic mass is 9.80. The summed E-state index contributed by atoms with van der Waals surface area (Å²) >= 11 is 6.13. The van der Waals surface area contributed by atoms with Crippen LogP contribution in [0.1, 0.15) is 56.5 Å². The third-order valence-corrected chi connectivity index (χ3v) is 6.24. The maximum Gasteiger partial charge on any atom is 0.150 e. The van der Waals surface area contributed by atoms with Crippen molar-refractivity contribution in [2.75, 3.05) is 7.05 Å². The largest absolute Gasteiger partial charge is 0.454 e. The predicted molar refractivity (Wildman–Crippen MR) is 142 cm³/mol. The Balaban J connectivity index is 0.000000253. The molecule has 1 aliphatic heterocycles. The second kappa shape index (κ2) is 11.6. The molecule has 0 bridgehead atoms. The van der Waals surface area contributed by atoms with E-state index in [9.17, 15) is 10.1 Å². The maximum atomic E-state index is 10.8. The van der Waals surface area contributed by atoms with Crippen molar-refractivity contribution in [2.45, 2.75) is 57.7 Å². The number of aldehydes is 1. The highest BCUT2D eigenvalue weighted by Crippen LogP contribution is 2.35. The number of nitrogens with one attached hydrogen (secondary N) is 2. The van der Waals surface area contributed by atoms with Gasteiger partial charge in [0.15, 0.2) is 0 Å². The second-order valence-corrected chi connectivity index (χ2v) is 10.5. The van der Waals surface area contributed by atoms with Gasteiger partial charge < -0.3 is 15.4 Å². The van der Waals surface area contributed by atoms with Crippen LogP contribution in [0.5, 0.6) is 11.5 Å². The van der Waals surface area contributed by atoms with Crippen molar-refractivity contribution in [2.24, 2.45) is 0 Å². The smallest absolute Gasteiger partial charge is 0.150 e. The summed E-state index contributed by atoms with van der Waals surface area (Å²) in [5, 5.41) is 24.4. The van der Waals surface area contributed by atoms with Gasteiger partial charge in [-0.15, -0.1) is 0 Å². The summed E-state index contributed by atoms with van der Waals surface area (Å²) in [5.41, 5.74) is 2.80. The van der Waals surface area contributed by atoms with E-state index in [-0.39, 0.29) is 11.1 Å². The van der Waals surface area contributed by atoms with Gasteiger partial charge in [0.1, 0.15) is 29.4 Å². The first kappa shape index (κ1) is 27.3. The summed E-state index contributed by atoms with van der Waals surface area (Å²) in [7, 11) is 2.06. The molecule has 0 spiro atoms. The maximum absolute atomic E-state index is 10.8. The number of hydrogen-bond donors (Lipinski definition) is 2. The molecule has 188 valence electrons. The van der Waals surface area contributed by atoms with Crippen LogP contribution < -0.4 is 15.4 Å². The minimum atomic E-state index is 0.273. The van der Waals surface area contributed by atoms with Gasteiger partial charge in [0, 0.05) is 33.8 Å². The van der Waals surface area contributed by atoms with Gasteiger partial charge in [-0.2, -0.15) is 15.5 Å². The Hall–Kier alpha value is -3.31. The fourth-order valence-corrected chi connectivity index (χ4v) is 4.97. The minimum Gasteiger partial charge on any atom is -0.454 e. The Morgan fingerprint density at radius 2 is 1.83 bits per heavy atom. The van der Waals surface area contributed by atoms with Crippen LogP contribution >= 0.6 is 11.6 Å². The van der Waals surface area contributed by atoms with E-state index in [0.29, 0.717) is 45.5 Å². The predicted octanol–water partition coefficient (Wildman–Crippen LogP) is 5.79. The van der Waals surface area contributed by atoms with Gasteiger partial charge >= 0.3 is 0 Å². The molecule has 2 aromatic carbocycles. The summed E-state index contributed by atoms with van der Waals surface area (Å²) < 4.78 is 5.79. The molecule has 1 aromatic heterocycles. The Morgan fingerprint density at radius 1 is 1.11 bits per heavy atom. The van der Waals surface area contributed by atoms with Crippen LogP contribution in [0, 0.1) is 11.3 Å². The van der Waals surface area contributed by atoms with Crippen LogP contribution in [0.4, 0.5) is 0 Å². The number of rotatable bonds is 5. The number of nitriles is 1. The molecule has 1 aliphatic rings. The Labute approximate surface area is 217 Å². The third kappa shape index (κ3) is 7.11. The number of benzene rings is 2. The quantitative estimate of drug-likeness (QED) is 0.423. The zero-order valence-electron chi connectivity index (χ0n) is 21.3. The lowest BCUT2D eigenvalue weighted by molar-refractivity contribution is 0.112. The molecular weight excluding hydrogens is 474 g/mol. The molecule has 0 amide bonds. The van der Waals surface area contributed by atoms with Gasteiger partial charge in [-0.1, -0.05) is 23.7 Å². The van der Waals surface area contributed by atoms with Crippen molar-refractivity contribution in [3.8, 4) is 28.7 Å². The first-order valence-corrected chi connectivity index (χ1v) is 12.1. The number of nitrogens with zero attached hydrogens (tertiary/aromatic N) is 3. The molecule has 1 fully saturated rings. The molecule has 0 aliphatic carbocycles. The standard InChI is InChI=1S/C18H10ClN3O2.C10H22N2/c19-16-8-12(11-23)4-5-18(16)24-17-3-1-2-14(15(17)9-20)13-6-7-21-22-10-13;1-9(2)6-8(11-5)7-10(3,4)12-9/h1-8,10-11H;8,11-12H,6-7H2,1-5H3. The number of carbonyl (C=O) groups excluding carboxylic acids is 1. The lowest BCUT2D eigenvalue weighted by Crippen LogP contribution is -2.61. The van der Waals surface area contributed by atoms with Gasteiger partial charge in [-0.05, 0) is 77.9 Å². The zero-order chi connectivity index (χ0) is 26.3. The van der Waals surface area contributed by atoms with E-state index < -0.39 is 0 Å².